The van der Waals surface area contributed by atoms with Crippen LogP contribution < -0.4 is 5.32 Å². The molecule has 0 saturated carbocycles. The van der Waals surface area contributed by atoms with Gasteiger partial charge in [0.1, 0.15) is 5.65 Å². The maximum absolute atomic E-state index is 12.1. The van der Waals surface area contributed by atoms with Crippen molar-refractivity contribution in [2.75, 3.05) is 19.8 Å². The molecule has 1 aromatic carbocycles. The van der Waals surface area contributed by atoms with Crippen LogP contribution in [0.3, 0.4) is 0 Å². The summed E-state index contributed by atoms with van der Waals surface area (Å²) in [6.45, 7) is 3.98. The molecule has 0 unspecified atom stereocenters. The smallest absolute Gasteiger partial charge is 0.251 e. The van der Waals surface area contributed by atoms with Gasteiger partial charge >= 0.3 is 0 Å². The summed E-state index contributed by atoms with van der Waals surface area (Å²) >= 11 is 1.71. The van der Waals surface area contributed by atoms with Crippen LogP contribution in [0.15, 0.2) is 59.8 Å². The number of nitrogens with zero attached hydrogens (tertiary/aromatic N) is 2. The summed E-state index contributed by atoms with van der Waals surface area (Å²) in [5.74, 6) is 0.753. The molecule has 0 saturated heterocycles. The standard InChI is InChI=1S/C20H23N3O2S/c1-2-25-13-5-11-21-20(24)16-7-9-18(10-8-16)26-15-17-14-23-12-4-3-6-19(23)22-17/h3-4,6-10,12,14H,2,5,11,13,15H2,1H3,(H,21,24). The van der Waals surface area contributed by atoms with E-state index in [1.807, 2.05) is 66.2 Å². The Morgan fingerprint density at radius 3 is 2.85 bits per heavy atom. The van der Waals surface area contributed by atoms with E-state index in [1.165, 1.54) is 0 Å². The Balaban J connectivity index is 1.48. The largest absolute Gasteiger partial charge is 0.382 e. The molecular formula is C20H23N3O2S. The molecule has 26 heavy (non-hydrogen) atoms. The van der Waals surface area contributed by atoms with Crippen LogP contribution >= 0.6 is 11.8 Å². The van der Waals surface area contributed by atoms with Crippen molar-refractivity contribution in [3.63, 3.8) is 0 Å². The highest BCUT2D eigenvalue weighted by atomic mass is 32.2. The van der Waals surface area contributed by atoms with Gasteiger partial charge in [-0.1, -0.05) is 6.07 Å². The van der Waals surface area contributed by atoms with Gasteiger partial charge in [-0.2, -0.15) is 0 Å². The average Bonchev–Trinajstić information content (AvgIpc) is 3.09. The second-order valence-electron chi connectivity index (χ2n) is 5.82. The zero-order chi connectivity index (χ0) is 18.2. The summed E-state index contributed by atoms with van der Waals surface area (Å²) in [6, 6.07) is 13.7. The second kappa shape index (κ2) is 9.40. The van der Waals surface area contributed by atoms with Crippen molar-refractivity contribution in [3.05, 3.63) is 66.1 Å². The molecular weight excluding hydrogens is 346 g/mol. The van der Waals surface area contributed by atoms with Gasteiger partial charge in [-0.25, -0.2) is 4.98 Å². The molecule has 0 radical (unpaired) electrons. The number of carbonyl (C=O) groups excluding carboxylic acids is 1. The molecule has 0 aliphatic heterocycles. The molecule has 0 aliphatic carbocycles. The number of nitrogens with one attached hydrogen (secondary N) is 1. The minimum atomic E-state index is -0.0431. The first kappa shape index (κ1) is 18.5. The predicted octanol–water partition coefficient (Wildman–Crippen LogP) is 3.78. The number of benzene rings is 1. The molecule has 5 nitrogen and oxygen atoms in total. The molecule has 2 heterocycles. The molecule has 0 aliphatic rings. The van der Waals surface area contributed by atoms with Crippen LogP contribution in [0.5, 0.6) is 0 Å². The van der Waals surface area contributed by atoms with E-state index in [0.717, 1.165) is 28.4 Å². The Morgan fingerprint density at radius 1 is 1.23 bits per heavy atom. The lowest BCUT2D eigenvalue weighted by Gasteiger charge is -2.06. The van der Waals surface area contributed by atoms with Gasteiger partial charge in [0.25, 0.3) is 5.91 Å². The Labute approximate surface area is 157 Å². The van der Waals surface area contributed by atoms with Crippen molar-refractivity contribution in [1.29, 1.82) is 0 Å². The summed E-state index contributed by atoms with van der Waals surface area (Å²) < 4.78 is 7.28. The van der Waals surface area contributed by atoms with E-state index in [-0.39, 0.29) is 5.91 Å². The molecule has 1 amide bonds. The first-order chi connectivity index (χ1) is 12.8. The van der Waals surface area contributed by atoms with E-state index in [1.54, 1.807) is 11.8 Å². The van der Waals surface area contributed by atoms with Crippen LogP contribution in [0.25, 0.3) is 5.65 Å². The topological polar surface area (TPSA) is 55.6 Å². The molecule has 0 bridgehead atoms. The molecule has 1 N–H and O–H groups in total. The van der Waals surface area contributed by atoms with Gasteiger partial charge in [-0.3, -0.25) is 4.79 Å². The van der Waals surface area contributed by atoms with Crippen molar-refractivity contribution in [1.82, 2.24) is 14.7 Å². The number of pyridine rings is 1. The number of amides is 1. The van der Waals surface area contributed by atoms with Crippen molar-refractivity contribution >= 4 is 23.3 Å². The number of aromatic nitrogens is 2. The Bertz CT molecular complexity index is 813. The van der Waals surface area contributed by atoms with E-state index < -0.39 is 0 Å². The molecule has 0 atom stereocenters. The number of fused-ring (bicyclic) bond motifs is 1. The van der Waals surface area contributed by atoms with Gasteiger partial charge < -0.3 is 14.5 Å². The molecule has 2 aromatic heterocycles. The normalized spacial score (nSPS) is 11.0. The van der Waals surface area contributed by atoms with Crippen LogP contribution in [0, 0.1) is 0 Å². The maximum atomic E-state index is 12.1. The van der Waals surface area contributed by atoms with E-state index in [2.05, 4.69) is 10.3 Å². The molecule has 3 rings (SSSR count). The highest BCUT2D eigenvalue weighted by molar-refractivity contribution is 7.98. The second-order valence-corrected chi connectivity index (χ2v) is 6.87. The van der Waals surface area contributed by atoms with Crippen molar-refractivity contribution in [2.45, 2.75) is 24.0 Å². The number of imidazole rings is 1. The summed E-state index contributed by atoms with van der Waals surface area (Å²) in [4.78, 5) is 17.8. The molecule has 136 valence electrons. The number of hydrogen-bond acceptors (Lipinski definition) is 4. The number of ether oxygens (including phenoxy) is 1. The van der Waals surface area contributed by atoms with E-state index in [4.69, 9.17) is 4.74 Å². The van der Waals surface area contributed by atoms with Crippen LogP contribution in [-0.4, -0.2) is 35.1 Å². The predicted molar refractivity (Wildman–Crippen MR) is 105 cm³/mol. The zero-order valence-electron chi connectivity index (χ0n) is 14.9. The fraction of sp³-hybridized carbons (Fsp3) is 0.300. The third-order valence-electron chi connectivity index (χ3n) is 3.87. The van der Waals surface area contributed by atoms with Gasteiger partial charge in [0.05, 0.1) is 5.69 Å². The molecule has 0 fully saturated rings. The number of rotatable bonds is 9. The lowest BCUT2D eigenvalue weighted by Crippen LogP contribution is -2.25. The summed E-state index contributed by atoms with van der Waals surface area (Å²) in [6.07, 6.45) is 4.87. The van der Waals surface area contributed by atoms with Crippen LogP contribution in [0.2, 0.25) is 0 Å². The maximum Gasteiger partial charge on any atom is 0.251 e. The number of thioether (sulfide) groups is 1. The number of carbonyl (C=O) groups is 1. The van der Waals surface area contributed by atoms with Gasteiger partial charge in [0.15, 0.2) is 0 Å². The van der Waals surface area contributed by atoms with E-state index >= 15 is 0 Å². The first-order valence-electron chi connectivity index (χ1n) is 8.77. The summed E-state index contributed by atoms with van der Waals surface area (Å²) in [5.41, 5.74) is 2.68. The van der Waals surface area contributed by atoms with Crippen LogP contribution in [0.4, 0.5) is 0 Å². The van der Waals surface area contributed by atoms with E-state index in [9.17, 15) is 4.79 Å². The van der Waals surface area contributed by atoms with Gasteiger partial charge in [-0.15, -0.1) is 11.8 Å². The molecule has 6 heteroatoms. The van der Waals surface area contributed by atoms with Crippen LogP contribution in [-0.2, 0) is 10.5 Å². The zero-order valence-corrected chi connectivity index (χ0v) is 15.7. The van der Waals surface area contributed by atoms with Crippen molar-refractivity contribution < 1.29 is 9.53 Å². The van der Waals surface area contributed by atoms with Gasteiger partial charge in [0, 0.05) is 48.4 Å². The lowest BCUT2D eigenvalue weighted by atomic mass is 10.2. The van der Waals surface area contributed by atoms with Gasteiger partial charge in [0.2, 0.25) is 0 Å². The number of hydrogen-bond donors (Lipinski definition) is 1. The summed E-state index contributed by atoms with van der Waals surface area (Å²) in [7, 11) is 0. The first-order valence-corrected chi connectivity index (χ1v) is 9.76. The lowest BCUT2D eigenvalue weighted by molar-refractivity contribution is 0.0944. The molecule has 3 aromatic rings. The highest BCUT2D eigenvalue weighted by Gasteiger charge is 2.06. The fourth-order valence-corrected chi connectivity index (χ4v) is 3.32. The minimum Gasteiger partial charge on any atom is -0.382 e. The third kappa shape index (κ3) is 5.09. The Morgan fingerprint density at radius 2 is 2.08 bits per heavy atom. The monoisotopic (exact) mass is 369 g/mol. The quantitative estimate of drug-likeness (QED) is 0.461. The SMILES string of the molecule is CCOCCCNC(=O)c1ccc(SCc2cn3ccccc3n2)cc1. The van der Waals surface area contributed by atoms with Crippen molar-refractivity contribution in [2.24, 2.45) is 0 Å². The highest BCUT2D eigenvalue weighted by Crippen LogP contribution is 2.23. The van der Waals surface area contributed by atoms with E-state index in [0.29, 0.717) is 25.3 Å². The third-order valence-corrected chi connectivity index (χ3v) is 4.92. The molecule has 0 spiro atoms. The Kier molecular flexibility index (Phi) is 6.68. The van der Waals surface area contributed by atoms with Crippen LogP contribution in [0.1, 0.15) is 29.4 Å². The summed E-state index contributed by atoms with van der Waals surface area (Å²) in [5, 5.41) is 2.91. The fourth-order valence-electron chi connectivity index (χ4n) is 2.54. The van der Waals surface area contributed by atoms with Gasteiger partial charge in [-0.05, 0) is 49.7 Å². The Hall–Kier alpha value is -2.31. The average molecular weight is 369 g/mol. The minimum absolute atomic E-state index is 0.0431. The van der Waals surface area contributed by atoms with Crippen molar-refractivity contribution in [3.8, 4) is 0 Å².